The summed E-state index contributed by atoms with van der Waals surface area (Å²) >= 11 is 3.17. The first-order valence-corrected chi connectivity index (χ1v) is 4.35. The minimum Gasteiger partial charge on any atom is -0.306 e. The first-order chi connectivity index (χ1) is 6.13. The summed E-state index contributed by atoms with van der Waals surface area (Å²) in [4.78, 5) is 19.0. The van der Waals surface area contributed by atoms with Gasteiger partial charge in [0, 0.05) is 0 Å². The molecule has 0 fully saturated rings. The normalized spacial score (nSPS) is 9.38. The van der Waals surface area contributed by atoms with Gasteiger partial charge in [0.05, 0.1) is 11.9 Å². The molecular formula is C8H8BrN3O. The van der Waals surface area contributed by atoms with Crippen molar-refractivity contribution in [3.05, 3.63) is 29.1 Å². The molecule has 1 aromatic rings. The van der Waals surface area contributed by atoms with Gasteiger partial charge >= 0.3 is 0 Å². The molecule has 1 amide bonds. The largest absolute Gasteiger partial charge is 0.306 e. The molecule has 0 saturated heterocycles. The predicted molar refractivity (Wildman–Crippen MR) is 53.3 cm³/mol. The summed E-state index contributed by atoms with van der Waals surface area (Å²) in [5.74, 6) is 0.160. The standard InChI is InChI=1S/C8H8BrN3O/c1-3-7(13)12-8-5(2)11-6(9)4-10-8/h3-4H,1H2,2H3,(H,10,12,13). The van der Waals surface area contributed by atoms with E-state index in [1.807, 2.05) is 0 Å². The highest BCUT2D eigenvalue weighted by molar-refractivity contribution is 9.10. The molecule has 0 bridgehead atoms. The van der Waals surface area contributed by atoms with Gasteiger partial charge in [-0.25, -0.2) is 9.97 Å². The summed E-state index contributed by atoms with van der Waals surface area (Å²) in [5.41, 5.74) is 0.657. The molecule has 0 aromatic carbocycles. The second-order valence-electron chi connectivity index (χ2n) is 2.32. The fourth-order valence-corrected chi connectivity index (χ4v) is 1.11. The third kappa shape index (κ3) is 2.62. The number of hydrogen-bond donors (Lipinski definition) is 1. The minimum absolute atomic E-state index is 0.292. The zero-order valence-corrected chi connectivity index (χ0v) is 8.63. The number of anilines is 1. The van der Waals surface area contributed by atoms with Gasteiger partial charge in [-0.3, -0.25) is 4.79 Å². The first-order valence-electron chi connectivity index (χ1n) is 3.56. The van der Waals surface area contributed by atoms with Crippen molar-refractivity contribution in [2.24, 2.45) is 0 Å². The Morgan fingerprint density at radius 3 is 3.00 bits per heavy atom. The third-order valence-electron chi connectivity index (χ3n) is 1.34. The van der Waals surface area contributed by atoms with Crippen LogP contribution >= 0.6 is 15.9 Å². The molecule has 0 aliphatic heterocycles. The van der Waals surface area contributed by atoms with Crippen LogP contribution < -0.4 is 5.32 Å². The number of nitrogens with one attached hydrogen (secondary N) is 1. The van der Waals surface area contributed by atoms with Crippen LogP contribution in [-0.4, -0.2) is 15.9 Å². The molecular weight excluding hydrogens is 234 g/mol. The van der Waals surface area contributed by atoms with Crippen LogP contribution in [0, 0.1) is 6.92 Å². The van der Waals surface area contributed by atoms with E-state index in [9.17, 15) is 4.79 Å². The van der Waals surface area contributed by atoms with E-state index in [4.69, 9.17) is 0 Å². The van der Waals surface area contributed by atoms with Gasteiger partial charge in [-0.2, -0.15) is 0 Å². The van der Waals surface area contributed by atoms with E-state index in [-0.39, 0.29) is 5.91 Å². The molecule has 0 aliphatic carbocycles. The number of hydrogen-bond acceptors (Lipinski definition) is 3. The molecule has 4 nitrogen and oxygen atoms in total. The zero-order chi connectivity index (χ0) is 9.84. The van der Waals surface area contributed by atoms with E-state index in [1.165, 1.54) is 12.3 Å². The lowest BCUT2D eigenvalue weighted by Gasteiger charge is -2.03. The number of halogens is 1. The van der Waals surface area contributed by atoms with Gasteiger partial charge in [-0.05, 0) is 28.9 Å². The Bertz CT molecular complexity index is 351. The lowest BCUT2D eigenvalue weighted by atomic mass is 10.4. The molecule has 0 unspecified atom stereocenters. The minimum atomic E-state index is -0.292. The van der Waals surface area contributed by atoms with Crippen LogP contribution in [0.2, 0.25) is 0 Å². The Kier molecular flexibility index (Phi) is 3.13. The highest BCUT2D eigenvalue weighted by Gasteiger charge is 2.03. The maximum absolute atomic E-state index is 10.9. The van der Waals surface area contributed by atoms with Crippen molar-refractivity contribution in [2.75, 3.05) is 5.32 Å². The monoisotopic (exact) mass is 241 g/mol. The Morgan fingerprint density at radius 1 is 1.77 bits per heavy atom. The van der Waals surface area contributed by atoms with Gasteiger partial charge in [0.25, 0.3) is 0 Å². The first kappa shape index (κ1) is 9.85. The van der Waals surface area contributed by atoms with Crippen molar-refractivity contribution in [1.29, 1.82) is 0 Å². The van der Waals surface area contributed by atoms with Crippen LogP contribution in [-0.2, 0) is 4.79 Å². The fraction of sp³-hybridized carbons (Fsp3) is 0.125. The summed E-state index contributed by atoms with van der Waals surface area (Å²) < 4.78 is 0.640. The molecule has 68 valence electrons. The molecule has 0 radical (unpaired) electrons. The smallest absolute Gasteiger partial charge is 0.248 e. The SMILES string of the molecule is C=CC(=O)Nc1ncc(Br)nc1C. The Labute approximate surface area is 84.2 Å². The maximum Gasteiger partial charge on any atom is 0.248 e. The number of rotatable bonds is 2. The van der Waals surface area contributed by atoms with Crippen LogP contribution in [0.4, 0.5) is 5.82 Å². The number of nitrogens with zero attached hydrogens (tertiary/aromatic N) is 2. The van der Waals surface area contributed by atoms with Crippen molar-refractivity contribution >= 4 is 27.7 Å². The average Bonchev–Trinajstić information content (AvgIpc) is 2.09. The second kappa shape index (κ2) is 4.13. The highest BCUT2D eigenvalue weighted by Crippen LogP contribution is 2.11. The lowest BCUT2D eigenvalue weighted by Crippen LogP contribution is -2.10. The molecule has 0 spiro atoms. The van der Waals surface area contributed by atoms with Crippen LogP contribution in [0.15, 0.2) is 23.5 Å². The fourth-order valence-electron chi connectivity index (χ4n) is 0.744. The second-order valence-corrected chi connectivity index (χ2v) is 3.13. The molecule has 0 aliphatic rings. The molecule has 1 N–H and O–H groups in total. The quantitative estimate of drug-likeness (QED) is 0.802. The van der Waals surface area contributed by atoms with Crippen LogP contribution in [0.25, 0.3) is 0 Å². The molecule has 1 heterocycles. The van der Waals surface area contributed by atoms with Crippen molar-refractivity contribution in [3.63, 3.8) is 0 Å². The van der Waals surface area contributed by atoms with Gasteiger partial charge < -0.3 is 5.32 Å². The van der Waals surface area contributed by atoms with E-state index in [0.29, 0.717) is 16.1 Å². The Morgan fingerprint density at radius 2 is 2.46 bits per heavy atom. The number of carbonyl (C=O) groups is 1. The van der Waals surface area contributed by atoms with Gasteiger partial charge in [-0.1, -0.05) is 6.58 Å². The summed E-state index contributed by atoms with van der Waals surface area (Å²) in [6.07, 6.45) is 2.70. The van der Waals surface area contributed by atoms with E-state index < -0.39 is 0 Å². The number of carbonyl (C=O) groups excluding carboxylic acids is 1. The van der Waals surface area contributed by atoms with Crippen molar-refractivity contribution in [2.45, 2.75) is 6.92 Å². The molecule has 1 rings (SSSR count). The van der Waals surface area contributed by atoms with Gasteiger partial charge in [0.2, 0.25) is 5.91 Å². The van der Waals surface area contributed by atoms with E-state index >= 15 is 0 Å². The Hall–Kier alpha value is -1.23. The van der Waals surface area contributed by atoms with Gasteiger partial charge in [-0.15, -0.1) is 0 Å². The molecule has 0 atom stereocenters. The summed E-state index contributed by atoms with van der Waals surface area (Å²) in [6, 6.07) is 0. The van der Waals surface area contributed by atoms with E-state index in [1.54, 1.807) is 6.92 Å². The molecule has 0 saturated carbocycles. The predicted octanol–water partition coefficient (Wildman–Crippen LogP) is 1.67. The topological polar surface area (TPSA) is 54.9 Å². The number of amides is 1. The van der Waals surface area contributed by atoms with Gasteiger partial charge in [0.15, 0.2) is 5.82 Å². The average molecular weight is 242 g/mol. The Balaban J connectivity index is 2.89. The third-order valence-corrected chi connectivity index (χ3v) is 1.73. The number of aromatic nitrogens is 2. The summed E-state index contributed by atoms with van der Waals surface area (Å²) in [6.45, 7) is 5.09. The highest BCUT2D eigenvalue weighted by atomic mass is 79.9. The van der Waals surface area contributed by atoms with Crippen molar-refractivity contribution in [1.82, 2.24) is 9.97 Å². The summed E-state index contributed by atoms with van der Waals surface area (Å²) in [7, 11) is 0. The van der Waals surface area contributed by atoms with E-state index in [2.05, 4.69) is 37.8 Å². The van der Waals surface area contributed by atoms with Crippen molar-refractivity contribution < 1.29 is 4.79 Å². The molecule has 5 heteroatoms. The zero-order valence-electron chi connectivity index (χ0n) is 7.04. The maximum atomic E-state index is 10.9. The van der Waals surface area contributed by atoms with Crippen LogP contribution in [0.3, 0.4) is 0 Å². The lowest BCUT2D eigenvalue weighted by molar-refractivity contribution is -0.111. The van der Waals surface area contributed by atoms with E-state index in [0.717, 1.165) is 0 Å². The summed E-state index contributed by atoms with van der Waals surface area (Å²) in [5, 5.41) is 2.54. The molecule has 13 heavy (non-hydrogen) atoms. The van der Waals surface area contributed by atoms with Crippen LogP contribution in [0.5, 0.6) is 0 Å². The van der Waals surface area contributed by atoms with Crippen molar-refractivity contribution in [3.8, 4) is 0 Å². The van der Waals surface area contributed by atoms with Crippen LogP contribution in [0.1, 0.15) is 5.69 Å². The number of aryl methyl sites for hydroxylation is 1. The molecule has 1 aromatic heterocycles. The van der Waals surface area contributed by atoms with Gasteiger partial charge in [0.1, 0.15) is 4.60 Å².